The number of nitrogens with zero attached hydrogens (tertiary/aromatic N) is 1. The number of fused-ring (bicyclic) bond motifs is 1. The predicted octanol–water partition coefficient (Wildman–Crippen LogP) is 3.71. The van der Waals surface area contributed by atoms with Gasteiger partial charge in [-0.25, -0.2) is 4.79 Å². The van der Waals surface area contributed by atoms with Gasteiger partial charge in [0.05, 0.1) is 6.26 Å². The minimum Gasteiger partial charge on any atom is -0.464 e. The molecule has 0 radical (unpaired) electrons. The number of urea groups is 1. The van der Waals surface area contributed by atoms with Gasteiger partial charge in [-0.2, -0.15) is 0 Å². The highest BCUT2D eigenvalue weighted by Gasteiger charge is 2.32. The molecular weight excluding hydrogens is 292 g/mol. The highest BCUT2D eigenvalue weighted by atomic mass is 16.5. The van der Waals surface area contributed by atoms with Gasteiger partial charge < -0.3 is 19.4 Å². The lowest BCUT2D eigenvalue weighted by Crippen LogP contribution is -2.34. The lowest BCUT2D eigenvalue weighted by molar-refractivity contribution is 0.0485. The van der Waals surface area contributed by atoms with Crippen molar-refractivity contribution in [3.05, 3.63) is 30.5 Å². The molecule has 1 N–H and O–H groups in total. The van der Waals surface area contributed by atoms with E-state index in [0.29, 0.717) is 11.8 Å². The van der Waals surface area contributed by atoms with Gasteiger partial charge in [-0.3, -0.25) is 0 Å². The third kappa shape index (κ3) is 3.06. The first-order valence-electron chi connectivity index (χ1n) is 8.40. The number of anilines is 1. The van der Waals surface area contributed by atoms with Gasteiger partial charge in [0.25, 0.3) is 0 Å². The fourth-order valence-electron chi connectivity index (χ4n) is 3.78. The monoisotopic (exact) mass is 314 g/mol. The molecule has 2 amide bonds. The molecule has 0 unspecified atom stereocenters. The van der Waals surface area contributed by atoms with Crippen molar-refractivity contribution in [1.29, 1.82) is 0 Å². The van der Waals surface area contributed by atoms with Crippen molar-refractivity contribution in [2.45, 2.75) is 19.3 Å². The quantitative estimate of drug-likeness (QED) is 0.919. The van der Waals surface area contributed by atoms with Gasteiger partial charge in [-0.1, -0.05) is 0 Å². The second kappa shape index (κ2) is 6.24. The number of rotatable bonds is 2. The number of likely N-dealkylation sites (tertiary alicyclic amines) is 1. The summed E-state index contributed by atoms with van der Waals surface area (Å²) in [6, 6.07) is 7.66. The van der Waals surface area contributed by atoms with E-state index >= 15 is 0 Å². The maximum atomic E-state index is 12.5. The molecule has 5 nitrogen and oxygen atoms in total. The van der Waals surface area contributed by atoms with Crippen molar-refractivity contribution < 1.29 is 13.9 Å². The Hall–Kier alpha value is -2.01. The van der Waals surface area contributed by atoms with Crippen LogP contribution < -0.4 is 5.32 Å². The predicted molar refractivity (Wildman–Crippen MR) is 88.5 cm³/mol. The Balaban J connectivity index is 1.37. The molecule has 0 bridgehead atoms. The van der Waals surface area contributed by atoms with Crippen LogP contribution >= 0.6 is 0 Å². The number of ether oxygens (including phenoxy) is 1. The van der Waals surface area contributed by atoms with Crippen LogP contribution in [0.4, 0.5) is 10.5 Å². The Kier molecular flexibility index (Phi) is 3.95. The van der Waals surface area contributed by atoms with Crippen molar-refractivity contribution in [2.75, 3.05) is 31.6 Å². The lowest BCUT2D eigenvalue weighted by Gasteiger charge is -2.27. The van der Waals surface area contributed by atoms with E-state index in [1.807, 2.05) is 29.2 Å². The standard InChI is InChI=1S/C18H22N2O3/c21-18(19-16-2-1-14-6-10-23-17(14)11-16)20-7-3-15(12-20)13-4-8-22-9-5-13/h1-2,6,10-11,13,15H,3-5,7-9,12H2,(H,19,21)/t15-/m0/s1. The summed E-state index contributed by atoms with van der Waals surface area (Å²) >= 11 is 0. The van der Waals surface area contributed by atoms with Crippen LogP contribution in [0, 0.1) is 11.8 Å². The summed E-state index contributed by atoms with van der Waals surface area (Å²) in [6.07, 6.45) is 5.04. The molecule has 5 heteroatoms. The smallest absolute Gasteiger partial charge is 0.321 e. The third-order valence-corrected chi connectivity index (χ3v) is 5.15. The molecule has 3 heterocycles. The molecule has 0 saturated carbocycles. The maximum Gasteiger partial charge on any atom is 0.321 e. The minimum atomic E-state index is -0.00883. The van der Waals surface area contributed by atoms with Gasteiger partial charge in [0, 0.05) is 43.4 Å². The van der Waals surface area contributed by atoms with Gasteiger partial charge in [-0.05, 0) is 49.3 Å². The summed E-state index contributed by atoms with van der Waals surface area (Å²) in [4.78, 5) is 14.4. The first-order chi connectivity index (χ1) is 11.3. The first kappa shape index (κ1) is 14.6. The van der Waals surface area contributed by atoms with Gasteiger partial charge in [0.1, 0.15) is 5.58 Å². The molecule has 122 valence electrons. The molecule has 2 aliphatic rings. The number of nitrogens with one attached hydrogen (secondary N) is 1. The molecule has 0 spiro atoms. The van der Waals surface area contributed by atoms with Gasteiger partial charge in [0.2, 0.25) is 0 Å². The Morgan fingerprint density at radius 3 is 2.87 bits per heavy atom. The van der Waals surface area contributed by atoms with E-state index in [9.17, 15) is 4.79 Å². The van der Waals surface area contributed by atoms with Crippen LogP contribution in [0.3, 0.4) is 0 Å². The number of furan rings is 1. The summed E-state index contributed by atoms with van der Waals surface area (Å²) in [6.45, 7) is 3.45. The largest absolute Gasteiger partial charge is 0.464 e. The van der Waals surface area contributed by atoms with Crippen molar-refractivity contribution in [2.24, 2.45) is 11.8 Å². The Morgan fingerprint density at radius 2 is 2.00 bits per heavy atom. The average Bonchev–Trinajstić information content (AvgIpc) is 3.24. The zero-order valence-electron chi connectivity index (χ0n) is 13.2. The van der Waals surface area contributed by atoms with Crippen molar-refractivity contribution in [3.63, 3.8) is 0 Å². The van der Waals surface area contributed by atoms with Crippen LogP contribution in [-0.4, -0.2) is 37.2 Å². The average molecular weight is 314 g/mol. The second-order valence-corrected chi connectivity index (χ2v) is 6.55. The number of amides is 2. The van der Waals surface area contributed by atoms with Crippen LogP contribution in [0.1, 0.15) is 19.3 Å². The van der Waals surface area contributed by atoms with Crippen LogP contribution in [0.2, 0.25) is 0 Å². The molecule has 1 aromatic carbocycles. The Bertz CT molecular complexity index is 690. The van der Waals surface area contributed by atoms with E-state index in [1.54, 1.807) is 6.26 Å². The zero-order valence-corrected chi connectivity index (χ0v) is 13.2. The SMILES string of the molecule is O=C(Nc1ccc2ccoc2c1)N1CC[C@H](C2CCOCC2)C1. The van der Waals surface area contributed by atoms with E-state index in [4.69, 9.17) is 9.15 Å². The molecule has 23 heavy (non-hydrogen) atoms. The molecule has 2 fully saturated rings. The Morgan fingerprint density at radius 1 is 1.13 bits per heavy atom. The molecule has 0 aliphatic carbocycles. The van der Waals surface area contributed by atoms with Gasteiger partial charge in [0.15, 0.2) is 0 Å². The number of hydrogen-bond donors (Lipinski definition) is 1. The molecule has 1 atom stereocenters. The molecule has 2 saturated heterocycles. The van der Waals surface area contributed by atoms with Crippen LogP contribution in [0.25, 0.3) is 11.0 Å². The van der Waals surface area contributed by atoms with Crippen LogP contribution in [-0.2, 0) is 4.74 Å². The molecule has 1 aromatic heterocycles. The van der Waals surface area contributed by atoms with Crippen molar-refractivity contribution >= 4 is 22.7 Å². The summed E-state index contributed by atoms with van der Waals surface area (Å²) in [5.74, 6) is 1.33. The van der Waals surface area contributed by atoms with Gasteiger partial charge >= 0.3 is 6.03 Å². The van der Waals surface area contributed by atoms with E-state index in [0.717, 1.165) is 62.2 Å². The van der Waals surface area contributed by atoms with Gasteiger partial charge in [-0.15, -0.1) is 0 Å². The third-order valence-electron chi connectivity index (χ3n) is 5.15. The lowest BCUT2D eigenvalue weighted by atomic mass is 9.85. The van der Waals surface area contributed by atoms with Crippen LogP contribution in [0.15, 0.2) is 34.9 Å². The molecule has 4 rings (SSSR count). The second-order valence-electron chi connectivity index (χ2n) is 6.55. The van der Waals surface area contributed by atoms with E-state index in [2.05, 4.69) is 5.32 Å². The highest BCUT2D eigenvalue weighted by Crippen LogP contribution is 2.31. The summed E-state index contributed by atoms with van der Waals surface area (Å²) in [5, 5.41) is 4.04. The van der Waals surface area contributed by atoms with Crippen molar-refractivity contribution in [1.82, 2.24) is 4.90 Å². The molecule has 2 aromatic rings. The fraction of sp³-hybridized carbons (Fsp3) is 0.500. The molecule has 2 aliphatic heterocycles. The number of carbonyl (C=O) groups excluding carboxylic acids is 1. The fourth-order valence-corrected chi connectivity index (χ4v) is 3.78. The maximum absolute atomic E-state index is 12.5. The zero-order chi connectivity index (χ0) is 15.6. The number of carbonyl (C=O) groups is 1. The first-order valence-corrected chi connectivity index (χ1v) is 8.40. The topological polar surface area (TPSA) is 54.7 Å². The number of benzene rings is 1. The van der Waals surface area contributed by atoms with E-state index < -0.39 is 0 Å². The Labute approximate surface area is 135 Å². The summed E-state index contributed by atoms with van der Waals surface area (Å²) in [5.41, 5.74) is 1.58. The normalized spacial score (nSPS) is 22.6. The summed E-state index contributed by atoms with van der Waals surface area (Å²) < 4.78 is 10.8. The minimum absolute atomic E-state index is 0.00883. The van der Waals surface area contributed by atoms with Crippen LogP contribution in [0.5, 0.6) is 0 Å². The number of hydrogen-bond acceptors (Lipinski definition) is 3. The van der Waals surface area contributed by atoms with E-state index in [-0.39, 0.29) is 6.03 Å². The summed E-state index contributed by atoms with van der Waals surface area (Å²) in [7, 11) is 0. The van der Waals surface area contributed by atoms with Crippen molar-refractivity contribution in [3.8, 4) is 0 Å². The highest BCUT2D eigenvalue weighted by molar-refractivity contribution is 5.92. The van der Waals surface area contributed by atoms with E-state index in [1.165, 1.54) is 0 Å². The molecular formula is C18H22N2O3.